The van der Waals surface area contributed by atoms with Crippen LogP contribution in [0.3, 0.4) is 0 Å². The largest absolute Gasteiger partial charge is 0.339 e. The van der Waals surface area contributed by atoms with Gasteiger partial charge in [-0.15, -0.1) is 0 Å². The Morgan fingerprint density at radius 1 is 1.26 bits per heavy atom. The molecule has 0 aliphatic carbocycles. The van der Waals surface area contributed by atoms with E-state index in [4.69, 9.17) is 4.52 Å². The normalized spacial score (nSPS) is 14.7. The number of nitrogens with one attached hydrogen (secondary N) is 1. The molecule has 0 unspecified atom stereocenters. The van der Waals surface area contributed by atoms with E-state index in [0.29, 0.717) is 18.3 Å². The third kappa shape index (κ3) is 3.88. The van der Waals surface area contributed by atoms with Gasteiger partial charge in [0.15, 0.2) is 0 Å². The fourth-order valence-electron chi connectivity index (χ4n) is 3.09. The monoisotopic (exact) mass is 363 g/mol. The van der Waals surface area contributed by atoms with Crippen LogP contribution in [-0.2, 0) is 4.79 Å². The summed E-state index contributed by atoms with van der Waals surface area (Å²) in [5.74, 6) is 1.30. The van der Waals surface area contributed by atoms with E-state index < -0.39 is 0 Å². The number of aromatic nitrogens is 3. The van der Waals surface area contributed by atoms with Crippen LogP contribution in [0.2, 0.25) is 0 Å². The van der Waals surface area contributed by atoms with E-state index in [1.807, 2.05) is 37.3 Å². The number of hydrogen-bond donors (Lipinski definition) is 1. The lowest BCUT2D eigenvalue weighted by Crippen LogP contribution is -2.48. The Hall–Kier alpha value is -3.06. The van der Waals surface area contributed by atoms with Gasteiger partial charge in [0.1, 0.15) is 0 Å². The molecule has 1 aliphatic rings. The van der Waals surface area contributed by atoms with Crippen LogP contribution >= 0.6 is 0 Å². The lowest BCUT2D eigenvalue weighted by molar-refractivity contribution is -0.118. The average molecular weight is 363 g/mol. The molecule has 1 saturated heterocycles. The molecule has 27 heavy (non-hydrogen) atoms. The van der Waals surface area contributed by atoms with E-state index in [1.165, 1.54) is 5.56 Å². The number of carbonyl (C=O) groups is 1. The Morgan fingerprint density at radius 3 is 2.85 bits per heavy atom. The van der Waals surface area contributed by atoms with E-state index in [-0.39, 0.29) is 11.8 Å². The molecule has 1 amide bonds. The minimum Gasteiger partial charge on any atom is -0.339 e. The molecule has 7 heteroatoms. The van der Waals surface area contributed by atoms with Crippen molar-refractivity contribution >= 4 is 11.6 Å². The molecule has 2 aromatic heterocycles. The topological polar surface area (TPSA) is 84.2 Å². The second kappa shape index (κ2) is 7.28. The lowest BCUT2D eigenvalue weighted by atomic mass is 10.0. The number of aryl methyl sites for hydroxylation is 2. The SMILES string of the molecule is Cc1ccc(NC(=O)CN2CC(c3nc(-c4cccnc4)no3)C2)cc1C. The van der Waals surface area contributed by atoms with Crippen LogP contribution in [0.15, 0.2) is 47.2 Å². The number of benzene rings is 1. The fraction of sp³-hybridized carbons (Fsp3) is 0.300. The second-order valence-electron chi connectivity index (χ2n) is 6.94. The van der Waals surface area contributed by atoms with E-state index >= 15 is 0 Å². The zero-order chi connectivity index (χ0) is 18.8. The Bertz CT molecular complexity index is 948. The molecule has 138 valence electrons. The summed E-state index contributed by atoms with van der Waals surface area (Å²) in [4.78, 5) is 22.8. The Morgan fingerprint density at radius 2 is 2.11 bits per heavy atom. The van der Waals surface area contributed by atoms with Crippen molar-refractivity contribution in [3.8, 4) is 11.4 Å². The van der Waals surface area contributed by atoms with Crippen molar-refractivity contribution in [2.75, 3.05) is 25.0 Å². The molecule has 3 aromatic rings. The van der Waals surface area contributed by atoms with Crippen molar-refractivity contribution < 1.29 is 9.32 Å². The van der Waals surface area contributed by atoms with Gasteiger partial charge in [0, 0.05) is 36.7 Å². The zero-order valence-electron chi connectivity index (χ0n) is 15.3. The highest BCUT2D eigenvalue weighted by molar-refractivity contribution is 5.92. The van der Waals surface area contributed by atoms with Crippen molar-refractivity contribution in [3.05, 3.63) is 59.7 Å². The van der Waals surface area contributed by atoms with Crippen LogP contribution in [-0.4, -0.2) is 45.6 Å². The molecular formula is C20H21N5O2. The summed E-state index contributed by atoms with van der Waals surface area (Å²) in [5, 5.41) is 6.97. The first kappa shape index (κ1) is 17.4. The van der Waals surface area contributed by atoms with Gasteiger partial charge in [-0.25, -0.2) is 0 Å². The van der Waals surface area contributed by atoms with Gasteiger partial charge >= 0.3 is 0 Å². The van der Waals surface area contributed by atoms with Crippen LogP contribution in [0.25, 0.3) is 11.4 Å². The quantitative estimate of drug-likeness (QED) is 0.750. The maximum absolute atomic E-state index is 12.2. The number of carbonyl (C=O) groups excluding carboxylic acids is 1. The summed E-state index contributed by atoms with van der Waals surface area (Å²) in [6, 6.07) is 9.67. The molecule has 1 aliphatic heterocycles. The van der Waals surface area contributed by atoms with Crippen LogP contribution in [0, 0.1) is 13.8 Å². The molecule has 0 spiro atoms. The maximum Gasteiger partial charge on any atom is 0.238 e. The first-order valence-electron chi connectivity index (χ1n) is 8.92. The Balaban J connectivity index is 1.29. The highest BCUT2D eigenvalue weighted by atomic mass is 16.5. The lowest BCUT2D eigenvalue weighted by Gasteiger charge is -2.36. The molecule has 1 aromatic carbocycles. The van der Waals surface area contributed by atoms with Crippen molar-refractivity contribution in [2.24, 2.45) is 0 Å². The van der Waals surface area contributed by atoms with Crippen LogP contribution in [0.4, 0.5) is 5.69 Å². The number of amides is 1. The number of pyridine rings is 1. The summed E-state index contributed by atoms with van der Waals surface area (Å²) in [6.45, 7) is 5.91. The van der Waals surface area contributed by atoms with E-state index in [1.54, 1.807) is 12.4 Å². The van der Waals surface area contributed by atoms with Crippen molar-refractivity contribution in [1.82, 2.24) is 20.0 Å². The number of rotatable bonds is 5. The Labute approximate surface area is 157 Å². The second-order valence-corrected chi connectivity index (χ2v) is 6.94. The zero-order valence-corrected chi connectivity index (χ0v) is 15.3. The Kier molecular flexibility index (Phi) is 4.68. The van der Waals surface area contributed by atoms with Crippen molar-refractivity contribution in [3.63, 3.8) is 0 Å². The molecule has 3 heterocycles. The molecule has 7 nitrogen and oxygen atoms in total. The van der Waals surface area contributed by atoms with Crippen LogP contribution in [0.5, 0.6) is 0 Å². The van der Waals surface area contributed by atoms with Crippen LogP contribution < -0.4 is 5.32 Å². The molecule has 0 radical (unpaired) electrons. The standard InChI is InChI=1S/C20H21N5O2/c1-13-5-6-17(8-14(13)2)22-18(26)12-25-10-16(11-25)20-23-19(24-27-20)15-4-3-7-21-9-15/h3-9,16H,10-12H2,1-2H3,(H,22,26). The molecule has 0 bridgehead atoms. The maximum atomic E-state index is 12.2. The van der Waals surface area contributed by atoms with Crippen molar-refractivity contribution in [2.45, 2.75) is 19.8 Å². The molecule has 1 N–H and O–H groups in total. The molecule has 0 saturated carbocycles. The first-order valence-corrected chi connectivity index (χ1v) is 8.92. The smallest absolute Gasteiger partial charge is 0.238 e. The third-order valence-corrected chi connectivity index (χ3v) is 4.83. The van der Waals surface area contributed by atoms with E-state index in [2.05, 4.69) is 32.3 Å². The molecule has 1 fully saturated rings. The number of nitrogens with zero attached hydrogens (tertiary/aromatic N) is 4. The number of hydrogen-bond acceptors (Lipinski definition) is 6. The van der Waals surface area contributed by atoms with E-state index in [0.717, 1.165) is 29.9 Å². The minimum absolute atomic E-state index is 0.0155. The average Bonchev–Trinajstić information content (AvgIpc) is 3.11. The highest BCUT2D eigenvalue weighted by Crippen LogP contribution is 2.27. The minimum atomic E-state index is -0.0155. The van der Waals surface area contributed by atoms with Crippen molar-refractivity contribution in [1.29, 1.82) is 0 Å². The van der Waals surface area contributed by atoms with Gasteiger partial charge in [0.05, 0.1) is 12.5 Å². The van der Waals surface area contributed by atoms with Gasteiger partial charge in [-0.3, -0.25) is 14.7 Å². The third-order valence-electron chi connectivity index (χ3n) is 4.83. The van der Waals surface area contributed by atoms with Crippen LogP contribution in [0.1, 0.15) is 22.9 Å². The molecule has 0 atom stereocenters. The predicted molar refractivity (Wildman–Crippen MR) is 101 cm³/mol. The molecular weight excluding hydrogens is 342 g/mol. The first-order chi connectivity index (χ1) is 13.1. The summed E-state index contributed by atoms with van der Waals surface area (Å²) in [6.07, 6.45) is 3.41. The van der Waals surface area contributed by atoms with Gasteiger partial charge in [0.25, 0.3) is 0 Å². The summed E-state index contributed by atoms with van der Waals surface area (Å²) < 4.78 is 5.38. The number of anilines is 1. The predicted octanol–water partition coefficient (Wildman–Crippen LogP) is 2.79. The summed E-state index contributed by atoms with van der Waals surface area (Å²) >= 11 is 0. The van der Waals surface area contributed by atoms with E-state index in [9.17, 15) is 4.79 Å². The van der Waals surface area contributed by atoms with Gasteiger partial charge in [0.2, 0.25) is 17.6 Å². The highest BCUT2D eigenvalue weighted by Gasteiger charge is 2.33. The van der Waals surface area contributed by atoms with Gasteiger partial charge in [-0.1, -0.05) is 11.2 Å². The van der Waals surface area contributed by atoms with Gasteiger partial charge in [-0.2, -0.15) is 4.98 Å². The summed E-state index contributed by atoms with van der Waals surface area (Å²) in [5.41, 5.74) is 4.04. The molecule has 4 rings (SSSR count). The fourth-order valence-corrected chi connectivity index (χ4v) is 3.09. The number of likely N-dealkylation sites (tertiary alicyclic amines) is 1. The van der Waals surface area contributed by atoms with Gasteiger partial charge < -0.3 is 9.84 Å². The van der Waals surface area contributed by atoms with Gasteiger partial charge in [-0.05, 0) is 49.2 Å². The summed E-state index contributed by atoms with van der Waals surface area (Å²) in [7, 11) is 0.